The molecule has 0 amide bonds. The average Bonchev–Trinajstić information content (AvgIpc) is 2.50. The van der Waals surface area contributed by atoms with Crippen LogP contribution in [0.5, 0.6) is 0 Å². The van der Waals surface area contributed by atoms with Crippen molar-refractivity contribution in [1.82, 2.24) is 0 Å². The van der Waals surface area contributed by atoms with Crippen LogP contribution in [-0.4, -0.2) is 21.0 Å². The summed E-state index contributed by atoms with van der Waals surface area (Å²) in [4.78, 5) is 11.6. The largest absolute Gasteiger partial charge is 0.462 e. The second-order valence-corrected chi connectivity index (χ2v) is 7.17. The van der Waals surface area contributed by atoms with Crippen LogP contribution in [0.1, 0.15) is 17.3 Å². The number of rotatable bonds is 5. The van der Waals surface area contributed by atoms with Crippen LogP contribution < -0.4 is 4.72 Å². The van der Waals surface area contributed by atoms with Crippen LogP contribution in [-0.2, 0) is 14.8 Å². The van der Waals surface area contributed by atoms with Crippen LogP contribution >= 0.6 is 22.6 Å². The van der Waals surface area contributed by atoms with Crippen LogP contribution in [0.2, 0.25) is 0 Å². The van der Waals surface area contributed by atoms with E-state index < -0.39 is 16.0 Å². The number of esters is 1. The number of anilines is 1. The lowest BCUT2D eigenvalue weighted by Gasteiger charge is -2.10. The van der Waals surface area contributed by atoms with Gasteiger partial charge in [-0.15, -0.1) is 0 Å². The summed E-state index contributed by atoms with van der Waals surface area (Å²) in [6.07, 6.45) is 0. The van der Waals surface area contributed by atoms with Gasteiger partial charge in [0, 0.05) is 3.57 Å². The Morgan fingerprint density at radius 2 is 1.77 bits per heavy atom. The Hall–Kier alpha value is -1.61. The highest BCUT2D eigenvalue weighted by Crippen LogP contribution is 2.21. The van der Waals surface area contributed by atoms with Crippen LogP contribution in [0.3, 0.4) is 0 Å². The highest BCUT2D eigenvalue weighted by molar-refractivity contribution is 14.1. The molecule has 0 radical (unpaired) electrons. The Morgan fingerprint density at radius 3 is 2.36 bits per heavy atom. The van der Waals surface area contributed by atoms with Gasteiger partial charge in [-0.1, -0.05) is 12.1 Å². The minimum atomic E-state index is -3.70. The summed E-state index contributed by atoms with van der Waals surface area (Å²) in [6.45, 7) is 1.98. The summed E-state index contributed by atoms with van der Waals surface area (Å²) in [7, 11) is -3.70. The van der Waals surface area contributed by atoms with E-state index >= 15 is 0 Å². The highest BCUT2D eigenvalue weighted by Gasteiger charge is 2.16. The van der Waals surface area contributed by atoms with Gasteiger partial charge in [-0.3, -0.25) is 4.72 Å². The average molecular weight is 431 g/mol. The second kappa shape index (κ2) is 7.10. The number of carbonyl (C=O) groups is 1. The number of hydrogen-bond acceptors (Lipinski definition) is 4. The van der Waals surface area contributed by atoms with Crippen LogP contribution in [0.15, 0.2) is 53.4 Å². The first-order valence-corrected chi connectivity index (χ1v) is 9.05. The van der Waals surface area contributed by atoms with Crippen molar-refractivity contribution in [2.75, 3.05) is 11.3 Å². The quantitative estimate of drug-likeness (QED) is 0.583. The van der Waals surface area contributed by atoms with Crippen molar-refractivity contribution in [3.05, 3.63) is 57.7 Å². The van der Waals surface area contributed by atoms with Gasteiger partial charge in [0.1, 0.15) is 0 Å². The van der Waals surface area contributed by atoms with Gasteiger partial charge in [0.25, 0.3) is 10.0 Å². The molecule has 0 atom stereocenters. The smallest absolute Gasteiger partial charge is 0.338 e. The molecule has 0 heterocycles. The van der Waals surface area contributed by atoms with Gasteiger partial charge >= 0.3 is 5.97 Å². The van der Waals surface area contributed by atoms with Gasteiger partial charge < -0.3 is 4.74 Å². The third kappa shape index (κ3) is 3.98. The lowest BCUT2D eigenvalue weighted by molar-refractivity contribution is 0.0526. The van der Waals surface area contributed by atoms with Crippen molar-refractivity contribution in [2.24, 2.45) is 0 Å². The van der Waals surface area contributed by atoms with E-state index in [1.807, 2.05) is 12.1 Å². The molecular formula is C15H14INO4S. The Bertz CT molecular complexity index is 772. The molecule has 0 aliphatic heterocycles. The van der Waals surface area contributed by atoms with Crippen molar-refractivity contribution < 1.29 is 17.9 Å². The standard InChI is InChI=1S/C15H14INO4S/c1-2-21-15(18)11-7-9-12(10-8-11)22(19,20)17-14-6-4-3-5-13(14)16/h3-10,17H,2H2,1H3. The molecule has 2 rings (SSSR count). The van der Waals surface area contributed by atoms with Crippen molar-refractivity contribution in [2.45, 2.75) is 11.8 Å². The predicted octanol–water partition coefficient (Wildman–Crippen LogP) is 3.27. The van der Waals surface area contributed by atoms with E-state index in [4.69, 9.17) is 4.74 Å². The lowest BCUT2D eigenvalue weighted by atomic mass is 10.2. The van der Waals surface area contributed by atoms with Crippen LogP contribution in [0.4, 0.5) is 5.69 Å². The van der Waals surface area contributed by atoms with Gasteiger partial charge in [-0.25, -0.2) is 13.2 Å². The zero-order valence-corrected chi connectivity index (χ0v) is 14.7. The maximum atomic E-state index is 12.3. The first-order chi connectivity index (χ1) is 10.4. The number of sulfonamides is 1. The van der Waals surface area contributed by atoms with E-state index in [9.17, 15) is 13.2 Å². The summed E-state index contributed by atoms with van der Waals surface area (Å²) >= 11 is 2.05. The van der Waals surface area contributed by atoms with Gasteiger partial charge in [0.05, 0.1) is 22.8 Å². The molecule has 0 aromatic heterocycles. The first kappa shape index (κ1) is 16.8. The number of ether oxygens (including phenoxy) is 1. The minimum Gasteiger partial charge on any atom is -0.462 e. The van der Waals surface area contributed by atoms with E-state index in [1.54, 1.807) is 19.1 Å². The normalized spacial score (nSPS) is 11.0. The fourth-order valence-electron chi connectivity index (χ4n) is 1.73. The molecule has 5 nitrogen and oxygen atoms in total. The molecule has 22 heavy (non-hydrogen) atoms. The number of carbonyl (C=O) groups excluding carboxylic acids is 1. The monoisotopic (exact) mass is 431 g/mol. The van der Waals surface area contributed by atoms with Crippen molar-refractivity contribution in [1.29, 1.82) is 0 Å². The summed E-state index contributed by atoms with van der Waals surface area (Å²) in [6, 6.07) is 12.7. The number of benzene rings is 2. The maximum absolute atomic E-state index is 12.3. The molecule has 0 fully saturated rings. The van der Waals surface area contributed by atoms with Crippen LogP contribution in [0.25, 0.3) is 0 Å². The Balaban J connectivity index is 2.23. The van der Waals surface area contributed by atoms with E-state index in [2.05, 4.69) is 27.3 Å². The SMILES string of the molecule is CCOC(=O)c1ccc(S(=O)(=O)Nc2ccccc2I)cc1. The number of para-hydroxylation sites is 1. The minimum absolute atomic E-state index is 0.0835. The Kier molecular flexibility index (Phi) is 5.41. The summed E-state index contributed by atoms with van der Waals surface area (Å²) < 4.78 is 32.8. The highest BCUT2D eigenvalue weighted by atomic mass is 127. The fourth-order valence-corrected chi connectivity index (χ4v) is 3.52. The van der Waals surface area contributed by atoms with E-state index in [0.717, 1.165) is 3.57 Å². The molecular weight excluding hydrogens is 417 g/mol. The lowest BCUT2D eigenvalue weighted by Crippen LogP contribution is -2.14. The summed E-state index contributed by atoms with van der Waals surface area (Å²) in [5.41, 5.74) is 0.827. The number of hydrogen-bond donors (Lipinski definition) is 1. The van der Waals surface area contributed by atoms with Crippen molar-refractivity contribution in [3.63, 3.8) is 0 Å². The van der Waals surface area contributed by atoms with Gasteiger partial charge in [-0.2, -0.15) is 0 Å². The predicted molar refractivity (Wildman–Crippen MR) is 92.4 cm³/mol. The third-order valence-corrected chi connectivity index (χ3v) is 5.12. The molecule has 0 aliphatic carbocycles. The van der Waals surface area contributed by atoms with E-state index in [1.165, 1.54) is 24.3 Å². The molecule has 0 aliphatic rings. The zero-order valence-electron chi connectivity index (χ0n) is 11.7. The molecule has 0 unspecified atom stereocenters. The van der Waals surface area contributed by atoms with Crippen LogP contribution in [0, 0.1) is 3.57 Å². The van der Waals surface area contributed by atoms with Gasteiger partial charge in [0.2, 0.25) is 0 Å². The molecule has 7 heteroatoms. The molecule has 2 aromatic rings. The Morgan fingerprint density at radius 1 is 1.14 bits per heavy atom. The Labute approximate surface area is 142 Å². The first-order valence-electron chi connectivity index (χ1n) is 6.48. The molecule has 116 valence electrons. The van der Waals surface area contributed by atoms with E-state index in [-0.39, 0.29) is 11.5 Å². The number of nitrogens with one attached hydrogen (secondary N) is 1. The van der Waals surface area contributed by atoms with E-state index in [0.29, 0.717) is 11.3 Å². The summed E-state index contributed by atoms with van der Waals surface area (Å²) in [5.74, 6) is -0.475. The zero-order chi connectivity index (χ0) is 16.2. The topological polar surface area (TPSA) is 72.5 Å². The molecule has 1 N–H and O–H groups in total. The third-order valence-electron chi connectivity index (χ3n) is 2.79. The fraction of sp³-hybridized carbons (Fsp3) is 0.133. The number of halogens is 1. The van der Waals surface area contributed by atoms with Gasteiger partial charge in [0.15, 0.2) is 0 Å². The van der Waals surface area contributed by atoms with Crippen molar-refractivity contribution >= 4 is 44.3 Å². The second-order valence-electron chi connectivity index (χ2n) is 4.33. The molecule has 0 bridgehead atoms. The summed E-state index contributed by atoms with van der Waals surface area (Å²) in [5, 5.41) is 0. The molecule has 0 saturated heterocycles. The molecule has 0 saturated carbocycles. The molecule has 2 aromatic carbocycles. The van der Waals surface area contributed by atoms with Crippen molar-refractivity contribution in [3.8, 4) is 0 Å². The van der Waals surface area contributed by atoms with Gasteiger partial charge in [-0.05, 0) is 65.9 Å². The molecule has 0 spiro atoms. The maximum Gasteiger partial charge on any atom is 0.338 e.